The van der Waals surface area contributed by atoms with Gasteiger partial charge in [-0.1, -0.05) is 13.0 Å². The lowest BCUT2D eigenvalue weighted by Gasteiger charge is -2.22. The zero-order valence-corrected chi connectivity index (χ0v) is 12.4. The first-order valence-electron chi connectivity index (χ1n) is 6.25. The number of likely N-dealkylation sites (tertiary alicyclic amines) is 1. The fraction of sp³-hybridized carbons (Fsp3) is 0.538. The summed E-state index contributed by atoms with van der Waals surface area (Å²) in [6.45, 7) is 2.79. The van der Waals surface area contributed by atoms with Gasteiger partial charge in [-0.2, -0.15) is 0 Å². The van der Waals surface area contributed by atoms with E-state index in [-0.39, 0.29) is 5.91 Å². The average Bonchev–Trinajstić information content (AvgIpc) is 3.05. The van der Waals surface area contributed by atoms with E-state index in [1.807, 2.05) is 24.4 Å². The molecule has 2 rings (SSSR count). The SMILES string of the molecule is CCC1(C(=O)O)CCN(C(=O)CSc2cccs2)C1. The number of hydrogen-bond donors (Lipinski definition) is 1. The predicted molar refractivity (Wildman–Crippen MR) is 76.6 cm³/mol. The van der Waals surface area contributed by atoms with Gasteiger partial charge in [0.2, 0.25) is 5.91 Å². The van der Waals surface area contributed by atoms with Crippen molar-refractivity contribution >= 4 is 35.0 Å². The minimum absolute atomic E-state index is 0.0370. The Morgan fingerprint density at radius 2 is 2.37 bits per heavy atom. The lowest BCUT2D eigenvalue weighted by atomic mass is 9.84. The van der Waals surface area contributed by atoms with Crippen LogP contribution in [0.25, 0.3) is 0 Å². The van der Waals surface area contributed by atoms with Crippen molar-refractivity contribution in [2.75, 3.05) is 18.8 Å². The maximum absolute atomic E-state index is 12.1. The number of thioether (sulfide) groups is 1. The largest absolute Gasteiger partial charge is 0.481 e. The summed E-state index contributed by atoms with van der Waals surface area (Å²) in [7, 11) is 0. The Bertz CT molecular complexity index is 460. The van der Waals surface area contributed by atoms with Crippen LogP contribution >= 0.6 is 23.1 Å². The Balaban J connectivity index is 1.89. The number of amides is 1. The number of aliphatic carboxylic acids is 1. The molecule has 19 heavy (non-hydrogen) atoms. The molecule has 1 saturated heterocycles. The number of hydrogen-bond acceptors (Lipinski definition) is 4. The van der Waals surface area contributed by atoms with Crippen LogP contribution in [0.1, 0.15) is 19.8 Å². The van der Waals surface area contributed by atoms with Crippen LogP contribution in [-0.4, -0.2) is 40.7 Å². The first-order chi connectivity index (χ1) is 9.07. The van der Waals surface area contributed by atoms with Gasteiger partial charge in [-0.05, 0) is 24.3 Å². The predicted octanol–water partition coefficient (Wildman–Crippen LogP) is 2.55. The van der Waals surface area contributed by atoms with Gasteiger partial charge in [0.25, 0.3) is 0 Å². The summed E-state index contributed by atoms with van der Waals surface area (Å²) in [6, 6.07) is 3.94. The van der Waals surface area contributed by atoms with Crippen LogP contribution in [0, 0.1) is 5.41 Å². The molecule has 0 radical (unpaired) electrons. The molecule has 0 spiro atoms. The Labute approximate surface area is 120 Å². The Morgan fingerprint density at radius 3 is 2.89 bits per heavy atom. The van der Waals surface area contributed by atoms with Crippen molar-refractivity contribution in [2.24, 2.45) is 5.41 Å². The van der Waals surface area contributed by atoms with E-state index in [1.54, 1.807) is 16.2 Å². The minimum Gasteiger partial charge on any atom is -0.481 e. The molecule has 1 N–H and O–H groups in total. The van der Waals surface area contributed by atoms with Crippen LogP contribution in [-0.2, 0) is 9.59 Å². The molecule has 1 fully saturated rings. The number of carboxylic acid groups (broad SMARTS) is 1. The van der Waals surface area contributed by atoms with Gasteiger partial charge in [0.15, 0.2) is 0 Å². The highest BCUT2D eigenvalue weighted by Crippen LogP contribution is 2.34. The number of rotatable bonds is 5. The second-order valence-corrected chi connectivity index (χ2v) is 6.95. The van der Waals surface area contributed by atoms with Gasteiger partial charge in [-0.15, -0.1) is 23.1 Å². The van der Waals surface area contributed by atoms with E-state index in [2.05, 4.69) is 0 Å². The molecule has 2 heterocycles. The minimum atomic E-state index is -0.781. The number of carboxylic acids is 1. The molecular weight excluding hydrogens is 282 g/mol. The molecule has 0 aromatic carbocycles. The van der Waals surface area contributed by atoms with Crippen molar-refractivity contribution in [3.8, 4) is 0 Å². The van der Waals surface area contributed by atoms with E-state index in [4.69, 9.17) is 0 Å². The van der Waals surface area contributed by atoms with Crippen LogP contribution < -0.4 is 0 Å². The quantitative estimate of drug-likeness (QED) is 0.849. The molecule has 1 aromatic rings. The molecule has 104 valence electrons. The molecule has 0 aliphatic carbocycles. The lowest BCUT2D eigenvalue weighted by molar-refractivity contribution is -0.148. The molecule has 0 bridgehead atoms. The summed E-state index contributed by atoms with van der Waals surface area (Å²) in [5, 5.41) is 11.3. The van der Waals surface area contributed by atoms with Crippen molar-refractivity contribution in [1.29, 1.82) is 0 Å². The fourth-order valence-corrected chi connectivity index (χ4v) is 3.96. The molecule has 1 atom stereocenters. The topological polar surface area (TPSA) is 57.6 Å². The van der Waals surface area contributed by atoms with E-state index < -0.39 is 11.4 Å². The summed E-state index contributed by atoms with van der Waals surface area (Å²) in [5.74, 6) is -0.355. The van der Waals surface area contributed by atoms with Gasteiger partial charge in [0, 0.05) is 13.1 Å². The highest BCUT2D eigenvalue weighted by atomic mass is 32.2. The Hall–Kier alpha value is -1.01. The molecule has 1 amide bonds. The summed E-state index contributed by atoms with van der Waals surface area (Å²) >= 11 is 3.13. The normalized spacial score (nSPS) is 22.7. The number of nitrogens with zero attached hydrogens (tertiary/aromatic N) is 1. The smallest absolute Gasteiger partial charge is 0.311 e. The maximum Gasteiger partial charge on any atom is 0.311 e. The highest BCUT2D eigenvalue weighted by molar-refractivity contribution is 8.01. The van der Waals surface area contributed by atoms with E-state index in [0.29, 0.717) is 31.7 Å². The number of carbonyl (C=O) groups is 2. The third kappa shape index (κ3) is 3.12. The van der Waals surface area contributed by atoms with Gasteiger partial charge in [0.05, 0.1) is 15.4 Å². The van der Waals surface area contributed by atoms with E-state index in [1.165, 1.54) is 11.8 Å². The number of carbonyl (C=O) groups excluding carboxylic acids is 1. The Kier molecular flexibility index (Phi) is 4.52. The standard InChI is InChI=1S/C13H17NO3S2/c1-2-13(12(16)17)5-6-14(9-13)10(15)8-19-11-4-3-7-18-11/h3-4,7H,2,5-6,8-9H2,1H3,(H,16,17). The lowest BCUT2D eigenvalue weighted by Crippen LogP contribution is -2.37. The van der Waals surface area contributed by atoms with Crippen molar-refractivity contribution in [2.45, 2.75) is 24.0 Å². The summed E-state index contributed by atoms with van der Waals surface area (Å²) in [5.41, 5.74) is -0.733. The van der Waals surface area contributed by atoms with Crippen molar-refractivity contribution in [1.82, 2.24) is 4.90 Å². The summed E-state index contributed by atoms with van der Waals surface area (Å²) < 4.78 is 1.12. The van der Waals surface area contributed by atoms with E-state index in [0.717, 1.165) is 4.21 Å². The monoisotopic (exact) mass is 299 g/mol. The first kappa shape index (κ1) is 14.4. The number of thiophene rings is 1. The molecule has 4 nitrogen and oxygen atoms in total. The molecule has 6 heteroatoms. The van der Waals surface area contributed by atoms with Gasteiger partial charge >= 0.3 is 5.97 Å². The van der Waals surface area contributed by atoms with Crippen LogP contribution in [0.5, 0.6) is 0 Å². The summed E-state index contributed by atoms with van der Waals surface area (Å²) in [4.78, 5) is 25.1. The van der Waals surface area contributed by atoms with Crippen molar-refractivity contribution in [3.63, 3.8) is 0 Å². The zero-order valence-electron chi connectivity index (χ0n) is 10.8. The zero-order chi connectivity index (χ0) is 13.9. The maximum atomic E-state index is 12.1. The third-order valence-electron chi connectivity index (χ3n) is 3.67. The average molecular weight is 299 g/mol. The highest BCUT2D eigenvalue weighted by Gasteiger charge is 2.44. The van der Waals surface area contributed by atoms with Gasteiger partial charge in [-0.25, -0.2) is 0 Å². The third-order valence-corrected chi connectivity index (χ3v) is 5.79. The van der Waals surface area contributed by atoms with Gasteiger partial charge in [0.1, 0.15) is 0 Å². The van der Waals surface area contributed by atoms with Crippen LogP contribution in [0.3, 0.4) is 0 Å². The molecular formula is C13H17NO3S2. The molecule has 1 aliphatic heterocycles. The summed E-state index contributed by atoms with van der Waals surface area (Å²) in [6.07, 6.45) is 1.14. The second-order valence-electron chi connectivity index (χ2n) is 4.73. The van der Waals surface area contributed by atoms with Crippen LogP contribution in [0.15, 0.2) is 21.7 Å². The van der Waals surface area contributed by atoms with Crippen molar-refractivity contribution in [3.05, 3.63) is 17.5 Å². The molecule has 0 saturated carbocycles. The molecule has 1 aromatic heterocycles. The second kappa shape index (κ2) is 5.96. The van der Waals surface area contributed by atoms with Crippen LogP contribution in [0.4, 0.5) is 0 Å². The van der Waals surface area contributed by atoms with Gasteiger partial charge in [-0.3, -0.25) is 9.59 Å². The van der Waals surface area contributed by atoms with Crippen LogP contribution in [0.2, 0.25) is 0 Å². The fourth-order valence-electron chi connectivity index (χ4n) is 2.27. The first-order valence-corrected chi connectivity index (χ1v) is 8.11. The van der Waals surface area contributed by atoms with E-state index in [9.17, 15) is 14.7 Å². The Morgan fingerprint density at radius 1 is 1.58 bits per heavy atom. The molecule has 1 unspecified atom stereocenters. The van der Waals surface area contributed by atoms with E-state index >= 15 is 0 Å². The molecule has 1 aliphatic rings. The van der Waals surface area contributed by atoms with Gasteiger partial charge < -0.3 is 10.0 Å². The van der Waals surface area contributed by atoms with Crippen molar-refractivity contribution < 1.29 is 14.7 Å².